The summed E-state index contributed by atoms with van der Waals surface area (Å²) in [5, 5.41) is 0. The number of hydrogen-bond acceptors (Lipinski definition) is 2. The van der Waals surface area contributed by atoms with Gasteiger partial charge in [-0.15, -0.1) is 4.72 Å². The molecule has 0 radical (unpaired) electrons. The fourth-order valence-electron chi connectivity index (χ4n) is 1.52. The third-order valence-electron chi connectivity index (χ3n) is 2.49. The van der Waals surface area contributed by atoms with E-state index < -0.39 is 11.4 Å². The van der Waals surface area contributed by atoms with E-state index in [0.29, 0.717) is 0 Å². The van der Waals surface area contributed by atoms with Gasteiger partial charge < -0.3 is 4.55 Å². The summed E-state index contributed by atoms with van der Waals surface area (Å²) in [5.41, 5.74) is 1.43. The molecule has 2 nitrogen and oxygen atoms in total. The third kappa shape index (κ3) is 4.17. The fourth-order valence-corrected chi connectivity index (χ4v) is 2.40. The molecular weight excluding hydrogens is 206 g/mol. The lowest BCUT2D eigenvalue weighted by molar-refractivity contribution is 0.428. The average Bonchev–Trinajstić information content (AvgIpc) is 1.94. The Morgan fingerprint density at radius 1 is 1.33 bits per heavy atom. The molecule has 0 bridgehead atoms. The topological polar surface area (TPSA) is 35.1 Å². The molecule has 0 aliphatic heterocycles. The standard InChI is InChI=1S/C12H23NOS/c1-11(2,3)15(14)13-12(4,5)9-10-7-6-8-10/h7,13H,6,8-9H2,1-5H3. The first-order valence-corrected chi connectivity index (χ1v) is 6.73. The Hall–Kier alpha value is 0.01000. The van der Waals surface area contributed by atoms with Crippen LogP contribution in [0.2, 0.25) is 0 Å². The lowest BCUT2D eigenvalue weighted by atomic mass is 9.87. The minimum absolute atomic E-state index is 0.0651. The molecule has 1 aliphatic carbocycles. The van der Waals surface area contributed by atoms with E-state index in [2.05, 4.69) is 24.6 Å². The van der Waals surface area contributed by atoms with Crippen molar-refractivity contribution in [3.8, 4) is 0 Å². The second-order valence-electron chi connectivity index (χ2n) is 5.94. The van der Waals surface area contributed by atoms with Crippen LogP contribution in [0.15, 0.2) is 11.6 Å². The molecule has 0 heterocycles. The minimum Gasteiger partial charge on any atom is -0.598 e. The minimum atomic E-state index is -0.978. The van der Waals surface area contributed by atoms with Crippen molar-refractivity contribution in [2.75, 3.05) is 0 Å². The van der Waals surface area contributed by atoms with E-state index in [1.165, 1.54) is 18.4 Å². The highest BCUT2D eigenvalue weighted by Gasteiger charge is 2.33. The van der Waals surface area contributed by atoms with Crippen LogP contribution in [-0.4, -0.2) is 14.8 Å². The number of rotatable bonds is 4. The summed E-state index contributed by atoms with van der Waals surface area (Å²) >= 11 is -0.978. The van der Waals surface area contributed by atoms with E-state index in [1.54, 1.807) is 0 Å². The van der Waals surface area contributed by atoms with Gasteiger partial charge in [0.25, 0.3) is 0 Å². The molecule has 1 rings (SSSR count). The van der Waals surface area contributed by atoms with E-state index in [9.17, 15) is 4.55 Å². The Morgan fingerprint density at radius 2 is 1.87 bits per heavy atom. The monoisotopic (exact) mass is 229 g/mol. The summed E-state index contributed by atoms with van der Waals surface area (Å²) < 4.78 is 15.0. The maximum Gasteiger partial charge on any atom is 0.136 e. The molecule has 0 amide bonds. The summed E-state index contributed by atoms with van der Waals surface area (Å²) in [6, 6.07) is 0. The van der Waals surface area contributed by atoms with Crippen LogP contribution in [0.3, 0.4) is 0 Å². The summed E-state index contributed by atoms with van der Waals surface area (Å²) in [7, 11) is 0. The molecule has 15 heavy (non-hydrogen) atoms. The molecule has 3 heteroatoms. The number of allylic oxidation sites excluding steroid dienone is 1. The molecule has 0 saturated heterocycles. The Bertz CT molecular complexity index is 253. The van der Waals surface area contributed by atoms with Gasteiger partial charge in [-0.3, -0.25) is 0 Å². The number of nitrogens with one attached hydrogen (secondary N) is 1. The van der Waals surface area contributed by atoms with E-state index in [4.69, 9.17) is 0 Å². The van der Waals surface area contributed by atoms with Gasteiger partial charge in [0, 0.05) is 11.4 Å². The zero-order valence-corrected chi connectivity index (χ0v) is 11.3. The largest absolute Gasteiger partial charge is 0.598 e. The van der Waals surface area contributed by atoms with Gasteiger partial charge in [-0.2, -0.15) is 0 Å². The van der Waals surface area contributed by atoms with Crippen molar-refractivity contribution in [3.05, 3.63) is 11.6 Å². The van der Waals surface area contributed by atoms with Crippen molar-refractivity contribution in [1.82, 2.24) is 4.72 Å². The fraction of sp³-hybridized carbons (Fsp3) is 0.833. The Balaban J connectivity index is 2.47. The van der Waals surface area contributed by atoms with Crippen molar-refractivity contribution < 1.29 is 4.55 Å². The molecule has 88 valence electrons. The molecule has 0 aromatic rings. The predicted octanol–water partition coefficient (Wildman–Crippen LogP) is 2.93. The van der Waals surface area contributed by atoms with Crippen LogP contribution in [0, 0.1) is 0 Å². The lowest BCUT2D eigenvalue weighted by Crippen LogP contribution is -2.50. The molecule has 1 unspecified atom stereocenters. The van der Waals surface area contributed by atoms with Gasteiger partial charge in [-0.1, -0.05) is 11.6 Å². The molecule has 1 atom stereocenters. The van der Waals surface area contributed by atoms with Crippen LogP contribution in [0.4, 0.5) is 0 Å². The third-order valence-corrected chi connectivity index (χ3v) is 4.34. The summed E-state index contributed by atoms with van der Waals surface area (Å²) in [5.74, 6) is 0. The predicted molar refractivity (Wildman–Crippen MR) is 67.0 cm³/mol. The van der Waals surface area contributed by atoms with Crippen molar-refractivity contribution in [3.63, 3.8) is 0 Å². The highest BCUT2D eigenvalue weighted by molar-refractivity contribution is 7.90. The molecule has 0 fully saturated rings. The van der Waals surface area contributed by atoms with Crippen LogP contribution >= 0.6 is 0 Å². The van der Waals surface area contributed by atoms with Crippen LogP contribution in [0.1, 0.15) is 53.9 Å². The van der Waals surface area contributed by atoms with Crippen molar-refractivity contribution in [2.45, 2.75) is 64.2 Å². The van der Waals surface area contributed by atoms with Crippen molar-refractivity contribution in [1.29, 1.82) is 0 Å². The lowest BCUT2D eigenvalue weighted by Gasteiger charge is -2.34. The smallest absolute Gasteiger partial charge is 0.136 e. The number of hydrogen-bond donors (Lipinski definition) is 1. The van der Waals surface area contributed by atoms with Crippen molar-refractivity contribution >= 4 is 11.4 Å². The van der Waals surface area contributed by atoms with Crippen LogP contribution < -0.4 is 4.72 Å². The maximum atomic E-state index is 11.9. The Kier molecular flexibility index (Phi) is 3.90. The summed E-state index contributed by atoms with van der Waals surface area (Å²) in [6.45, 7) is 10.2. The van der Waals surface area contributed by atoms with Crippen LogP contribution in [0.5, 0.6) is 0 Å². The highest BCUT2D eigenvalue weighted by atomic mass is 32.2. The normalized spacial score (nSPS) is 19.5. The second-order valence-corrected chi connectivity index (χ2v) is 7.91. The van der Waals surface area contributed by atoms with Crippen molar-refractivity contribution in [2.24, 2.45) is 0 Å². The van der Waals surface area contributed by atoms with Gasteiger partial charge in [0.2, 0.25) is 0 Å². The van der Waals surface area contributed by atoms with E-state index in [0.717, 1.165) is 6.42 Å². The summed E-state index contributed by atoms with van der Waals surface area (Å²) in [4.78, 5) is 0. The zero-order valence-electron chi connectivity index (χ0n) is 10.5. The summed E-state index contributed by atoms with van der Waals surface area (Å²) in [6.07, 6.45) is 5.72. The van der Waals surface area contributed by atoms with E-state index in [1.807, 2.05) is 20.8 Å². The molecule has 1 aliphatic rings. The molecule has 0 aromatic heterocycles. The first-order chi connectivity index (χ1) is 6.71. The average molecular weight is 229 g/mol. The quantitative estimate of drug-likeness (QED) is 0.594. The molecule has 0 saturated carbocycles. The maximum absolute atomic E-state index is 11.9. The van der Waals surface area contributed by atoms with E-state index in [-0.39, 0.29) is 10.3 Å². The van der Waals surface area contributed by atoms with Gasteiger partial charge in [0.1, 0.15) is 4.75 Å². The molecule has 1 N–H and O–H groups in total. The van der Waals surface area contributed by atoms with Gasteiger partial charge in [-0.25, -0.2) is 0 Å². The first-order valence-electron chi connectivity index (χ1n) is 5.58. The zero-order chi connectivity index (χ0) is 11.7. The van der Waals surface area contributed by atoms with Gasteiger partial charge in [-0.05, 0) is 53.9 Å². The SMILES string of the molecule is CC(C)(CC1=CCC1)N[S+]([O-])C(C)(C)C. The van der Waals surface area contributed by atoms with Gasteiger partial charge >= 0.3 is 0 Å². The van der Waals surface area contributed by atoms with Crippen LogP contribution in [-0.2, 0) is 11.4 Å². The van der Waals surface area contributed by atoms with Gasteiger partial charge in [0.05, 0.1) is 5.54 Å². The molecular formula is C12H23NOS. The Morgan fingerprint density at radius 3 is 2.20 bits per heavy atom. The molecule has 0 aromatic carbocycles. The first kappa shape index (κ1) is 13.1. The molecule has 0 spiro atoms. The Labute approximate surface area is 96.8 Å². The highest BCUT2D eigenvalue weighted by Crippen LogP contribution is 2.28. The van der Waals surface area contributed by atoms with E-state index >= 15 is 0 Å². The van der Waals surface area contributed by atoms with Crippen LogP contribution in [0.25, 0.3) is 0 Å². The second kappa shape index (κ2) is 4.48. The van der Waals surface area contributed by atoms with Gasteiger partial charge in [0.15, 0.2) is 0 Å².